The van der Waals surface area contributed by atoms with Gasteiger partial charge in [-0.05, 0) is 50.2 Å². The van der Waals surface area contributed by atoms with E-state index in [-0.39, 0.29) is 5.56 Å². The predicted octanol–water partition coefficient (Wildman–Crippen LogP) is 3.98. The minimum absolute atomic E-state index is 0.0432. The molecule has 1 unspecified atom stereocenters. The first-order valence-corrected chi connectivity index (χ1v) is 6.93. The molecule has 0 amide bonds. The molecule has 0 aliphatic rings. The van der Waals surface area contributed by atoms with E-state index in [1.807, 2.05) is 19.1 Å². The Bertz CT molecular complexity index is 611. The van der Waals surface area contributed by atoms with Crippen LogP contribution in [-0.2, 0) is 0 Å². The maximum absolute atomic E-state index is 14.3. The van der Waals surface area contributed by atoms with Gasteiger partial charge in [0.2, 0.25) is 0 Å². The molecule has 0 bridgehead atoms. The van der Waals surface area contributed by atoms with E-state index in [4.69, 9.17) is 4.74 Å². The van der Waals surface area contributed by atoms with Crippen LogP contribution in [0.15, 0.2) is 36.4 Å². The van der Waals surface area contributed by atoms with Crippen LogP contribution < -0.4 is 10.1 Å². The van der Waals surface area contributed by atoms with Crippen LogP contribution in [0, 0.1) is 18.6 Å². The van der Waals surface area contributed by atoms with Crippen molar-refractivity contribution < 1.29 is 13.5 Å². The molecule has 0 saturated carbocycles. The second-order valence-electron chi connectivity index (χ2n) is 4.82. The number of aryl methyl sites for hydroxylation is 1. The van der Waals surface area contributed by atoms with Crippen molar-refractivity contribution in [2.45, 2.75) is 19.9 Å². The summed E-state index contributed by atoms with van der Waals surface area (Å²) in [6, 6.07) is 9.43. The maximum Gasteiger partial charge on any atom is 0.134 e. The number of halogens is 2. The van der Waals surface area contributed by atoms with E-state index in [1.54, 1.807) is 26.1 Å². The summed E-state index contributed by atoms with van der Waals surface area (Å²) < 4.78 is 33.7. The van der Waals surface area contributed by atoms with E-state index in [2.05, 4.69) is 5.32 Å². The molecule has 0 spiro atoms. The number of rotatable bonds is 5. The highest BCUT2D eigenvalue weighted by Crippen LogP contribution is 2.29. The summed E-state index contributed by atoms with van der Waals surface area (Å²) in [5.41, 5.74) is 1.25. The average molecular weight is 291 g/mol. The lowest BCUT2D eigenvalue weighted by atomic mass is 9.96. The Morgan fingerprint density at radius 1 is 1.10 bits per heavy atom. The lowest BCUT2D eigenvalue weighted by Gasteiger charge is -2.20. The largest absolute Gasteiger partial charge is 0.494 e. The van der Waals surface area contributed by atoms with Crippen molar-refractivity contribution in [2.24, 2.45) is 0 Å². The quantitative estimate of drug-likeness (QED) is 0.899. The van der Waals surface area contributed by atoms with Crippen molar-refractivity contribution in [2.75, 3.05) is 13.7 Å². The summed E-state index contributed by atoms with van der Waals surface area (Å²) in [5.74, 6) is -0.323. The van der Waals surface area contributed by atoms with E-state index in [0.29, 0.717) is 12.2 Å². The fourth-order valence-corrected chi connectivity index (χ4v) is 2.34. The van der Waals surface area contributed by atoms with Crippen LogP contribution in [0.2, 0.25) is 0 Å². The Balaban J connectivity index is 2.42. The number of hydrogen-bond acceptors (Lipinski definition) is 2. The lowest BCUT2D eigenvalue weighted by Crippen LogP contribution is -2.21. The molecule has 1 N–H and O–H groups in total. The average Bonchev–Trinajstić information content (AvgIpc) is 2.49. The van der Waals surface area contributed by atoms with E-state index in [9.17, 15) is 8.78 Å². The number of nitrogens with one attached hydrogen (secondary N) is 1. The molecule has 2 nitrogen and oxygen atoms in total. The van der Waals surface area contributed by atoms with Crippen LogP contribution in [-0.4, -0.2) is 13.7 Å². The van der Waals surface area contributed by atoms with Crippen molar-refractivity contribution in [1.29, 1.82) is 0 Å². The Kier molecular flexibility index (Phi) is 4.91. The van der Waals surface area contributed by atoms with Crippen molar-refractivity contribution >= 4 is 0 Å². The minimum Gasteiger partial charge on any atom is -0.494 e. The van der Waals surface area contributed by atoms with Gasteiger partial charge in [0.15, 0.2) is 0 Å². The van der Waals surface area contributed by atoms with Crippen molar-refractivity contribution in [3.8, 4) is 5.75 Å². The number of hydrogen-bond donors (Lipinski definition) is 1. The van der Waals surface area contributed by atoms with Crippen LogP contribution in [0.4, 0.5) is 8.78 Å². The van der Waals surface area contributed by atoms with Crippen LogP contribution in [0.25, 0.3) is 0 Å². The van der Waals surface area contributed by atoms with E-state index < -0.39 is 17.7 Å². The molecular weight excluding hydrogens is 272 g/mol. The summed E-state index contributed by atoms with van der Waals surface area (Å²) in [6.45, 7) is 4.11. The van der Waals surface area contributed by atoms with Crippen molar-refractivity contribution in [3.63, 3.8) is 0 Å². The van der Waals surface area contributed by atoms with E-state index in [0.717, 1.165) is 11.3 Å². The zero-order chi connectivity index (χ0) is 15.4. The SMILES string of the molecule is CCOc1ccc(C(NC)c2c(F)ccc(C)c2F)cc1. The fraction of sp³-hybridized carbons (Fsp3) is 0.294. The zero-order valence-corrected chi connectivity index (χ0v) is 12.4. The summed E-state index contributed by atoms with van der Waals surface area (Å²) >= 11 is 0. The van der Waals surface area contributed by atoms with Gasteiger partial charge >= 0.3 is 0 Å². The molecule has 0 heterocycles. The molecule has 0 saturated heterocycles. The van der Waals surface area contributed by atoms with Gasteiger partial charge in [-0.25, -0.2) is 8.78 Å². The number of ether oxygens (including phenoxy) is 1. The monoisotopic (exact) mass is 291 g/mol. The highest BCUT2D eigenvalue weighted by atomic mass is 19.1. The molecule has 4 heteroatoms. The molecule has 1 atom stereocenters. The molecule has 0 radical (unpaired) electrons. The normalized spacial score (nSPS) is 12.2. The molecule has 0 fully saturated rings. The van der Waals surface area contributed by atoms with Gasteiger partial charge in [-0.2, -0.15) is 0 Å². The molecular formula is C17H19F2NO. The minimum atomic E-state index is -0.550. The third kappa shape index (κ3) is 3.22. The smallest absolute Gasteiger partial charge is 0.134 e. The van der Waals surface area contributed by atoms with Crippen LogP contribution in [0.1, 0.15) is 29.7 Å². The molecule has 0 aliphatic heterocycles. The van der Waals surface area contributed by atoms with Gasteiger partial charge in [0.05, 0.1) is 12.6 Å². The third-order valence-electron chi connectivity index (χ3n) is 3.42. The lowest BCUT2D eigenvalue weighted by molar-refractivity contribution is 0.340. The Hall–Kier alpha value is -1.94. The molecule has 21 heavy (non-hydrogen) atoms. The van der Waals surface area contributed by atoms with Gasteiger partial charge in [0.25, 0.3) is 0 Å². The molecule has 2 aromatic carbocycles. The first kappa shape index (κ1) is 15.4. The first-order chi connectivity index (χ1) is 10.1. The van der Waals surface area contributed by atoms with Gasteiger partial charge in [-0.1, -0.05) is 18.2 Å². The van der Waals surface area contributed by atoms with Gasteiger partial charge in [0.1, 0.15) is 17.4 Å². The summed E-state index contributed by atoms with van der Waals surface area (Å²) in [5, 5.41) is 2.97. The highest BCUT2D eigenvalue weighted by molar-refractivity contribution is 5.38. The molecule has 2 aromatic rings. The molecule has 0 aliphatic carbocycles. The van der Waals surface area contributed by atoms with Gasteiger partial charge < -0.3 is 10.1 Å². The highest BCUT2D eigenvalue weighted by Gasteiger charge is 2.21. The first-order valence-electron chi connectivity index (χ1n) is 6.93. The third-order valence-corrected chi connectivity index (χ3v) is 3.42. The summed E-state index contributed by atoms with van der Waals surface area (Å²) in [6.07, 6.45) is 0. The van der Waals surface area contributed by atoms with Crippen LogP contribution in [0.5, 0.6) is 5.75 Å². The van der Waals surface area contributed by atoms with Crippen molar-refractivity contribution in [3.05, 3.63) is 64.7 Å². The van der Waals surface area contributed by atoms with Gasteiger partial charge in [-0.3, -0.25) is 0 Å². The van der Waals surface area contributed by atoms with E-state index >= 15 is 0 Å². The second-order valence-corrected chi connectivity index (χ2v) is 4.82. The van der Waals surface area contributed by atoms with Crippen LogP contribution in [0.3, 0.4) is 0 Å². The topological polar surface area (TPSA) is 21.3 Å². The Labute approximate surface area is 123 Å². The van der Waals surface area contributed by atoms with Crippen molar-refractivity contribution in [1.82, 2.24) is 5.32 Å². The standard InChI is InChI=1S/C17H19F2NO/c1-4-21-13-8-6-12(7-9-13)17(20-3)15-14(18)10-5-11(2)16(15)19/h5-10,17,20H,4H2,1-3H3. The molecule has 112 valence electrons. The van der Waals surface area contributed by atoms with Crippen LogP contribution >= 0.6 is 0 Å². The van der Waals surface area contributed by atoms with Gasteiger partial charge in [-0.15, -0.1) is 0 Å². The summed E-state index contributed by atoms with van der Waals surface area (Å²) in [7, 11) is 1.68. The Morgan fingerprint density at radius 2 is 1.76 bits per heavy atom. The second kappa shape index (κ2) is 6.68. The van der Waals surface area contributed by atoms with Gasteiger partial charge in [0, 0.05) is 5.56 Å². The predicted molar refractivity (Wildman–Crippen MR) is 79.6 cm³/mol. The summed E-state index contributed by atoms with van der Waals surface area (Å²) in [4.78, 5) is 0. The molecule has 2 rings (SSSR count). The molecule has 0 aromatic heterocycles. The zero-order valence-electron chi connectivity index (χ0n) is 12.4. The van der Waals surface area contributed by atoms with E-state index in [1.165, 1.54) is 12.1 Å². The number of benzene rings is 2. The Morgan fingerprint density at radius 3 is 2.33 bits per heavy atom. The fourth-order valence-electron chi connectivity index (χ4n) is 2.34. The maximum atomic E-state index is 14.3.